The Morgan fingerprint density at radius 3 is 2.72 bits per heavy atom. The van der Waals surface area contributed by atoms with Gasteiger partial charge in [0.25, 0.3) is 0 Å². The van der Waals surface area contributed by atoms with Crippen molar-refractivity contribution in [2.75, 3.05) is 13.6 Å². The predicted octanol–water partition coefficient (Wildman–Crippen LogP) is 3.35. The summed E-state index contributed by atoms with van der Waals surface area (Å²) in [6.45, 7) is 0.407. The molecule has 1 saturated carbocycles. The van der Waals surface area contributed by atoms with Crippen LogP contribution in [0.25, 0.3) is 0 Å². The summed E-state index contributed by atoms with van der Waals surface area (Å²) in [5, 5.41) is 0.172. The van der Waals surface area contributed by atoms with Crippen molar-refractivity contribution >= 4 is 11.6 Å². The molecule has 100 valence electrons. The SMILES string of the molecule is CN(C1CCCC1)C(CN)c1cccc(Cl)c1F. The van der Waals surface area contributed by atoms with Crippen LogP contribution >= 0.6 is 11.6 Å². The molecule has 0 saturated heterocycles. The summed E-state index contributed by atoms with van der Waals surface area (Å²) in [5.74, 6) is -0.334. The van der Waals surface area contributed by atoms with E-state index in [0.29, 0.717) is 18.2 Å². The molecule has 2 rings (SSSR count). The van der Waals surface area contributed by atoms with Crippen LogP contribution in [-0.2, 0) is 0 Å². The molecule has 2 N–H and O–H groups in total. The monoisotopic (exact) mass is 270 g/mol. The van der Waals surface area contributed by atoms with Gasteiger partial charge in [0.05, 0.1) is 5.02 Å². The highest BCUT2D eigenvalue weighted by atomic mass is 35.5. The van der Waals surface area contributed by atoms with E-state index in [0.717, 1.165) is 0 Å². The quantitative estimate of drug-likeness (QED) is 0.909. The highest BCUT2D eigenvalue weighted by molar-refractivity contribution is 6.30. The van der Waals surface area contributed by atoms with Crippen LogP contribution < -0.4 is 5.73 Å². The Bertz CT molecular complexity index is 405. The topological polar surface area (TPSA) is 29.3 Å². The van der Waals surface area contributed by atoms with Gasteiger partial charge in [-0.3, -0.25) is 4.90 Å². The number of benzene rings is 1. The van der Waals surface area contributed by atoms with Crippen molar-refractivity contribution in [1.82, 2.24) is 4.90 Å². The van der Waals surface area contributed by atoms with Crippen LogP contribution in [0, 0.1) is 5.82 Å². The van der Waals surface area contributed by atoms with Crippen LogP contribution in [0.1, 0.15) is 37.3 Å². The number of halogens is 2. The molecule has 0 bridgehead atoms. The van der Waals surface area contributed by atoms with Crippen LogP contribution in [0.5, 0.6) is 0 Å². The number of rotatable bonds is 4. The van der Waals surface area contributed by atoms with Gasteiger partial charge in [-0.05, 0) is 26.0 Å². The Balaban J connectivity index is 2.24. The number of nitrogens with zero attached hydrogens (tertiary/aromatic N) is 1. The van der Waals surface area contributed by atoms with Gasteiger partial charge in [-0.25, -0.2) is 4.39 Å². The number of likely N-dealkylation sites (N-methyl/N-ethyl adjacent to an activating group) is 1. The minimum absolute atomic E-state index is 0.0909. The Labute approximate surface area is 113 Å². The van der Waals surface area contributed by atoms with E-state index in [-0.39, 0.29) is 16.9 Å². The summed E-state index contributed by atoms with van der Waals surface area (Å²) in [6, 6.07) is 5.56. The molecule has 1 aliphatic rings. The third-order valence-corrected chi connectivity index (χ3v) is 4.25. The lowest BCUT2D eigenvalue weighted by Crippen LogP contribution is -2.37. The van der Waals surface area contributed by atoms with Crippen molar-refractivity contribution in [3.05, 3.63) is 34.6 Å². The second-order valence-electron chi connectivity index (χ2n) is 5.00. The first-order chi connectivity index (χ1) is 8.65. The fraction of sp³-hybridized carbons (Fsp3) is 0.571. The van der Waals surface area contributed by atoms with Crippen molar-refractivity contribution < 1.29 is 4.39 Å². The van der Waals surface area contributed by atoms with Gasteiger partial charge in [0.2, 0.25) is 0 Å². The lowest BCUT2D eigenvalue weighted by molar-refractivity contribution is 0.176. The fourth-order valence-electron chi connectivity index (χ4n) is 2.86. The average molecular weight is 271 g/mol. The number of nitrogens with two attached hydrogens (primary N) is 1. The van der Waals surface area contributed by atoms with Crippen LogP contribution in [0.15, 0.2) is 18.2 Å². The molecule has 0 aliphatic heterocycles. The lowest BCUT2D eigenvalue weighted by Gasteiger charge is -2.32. The van der Waals surface area contributed by atoms with Gasteiger partial charge in [-0.2, -0.15) is 0 Å². The zero-order chi connectivity index (χ0) is 13.1. The summed E-state index contributed by atoms with van der Waals surface area (Å²) in [6.07, 6.45) is 4.86. The Kier molecular flexibility index (Phi) is 4.60. The molecule has 1 atom stereocenters. The van der Waals surface area contributed by atoms with E-state index in [1.54, 1.807) is 18.2 Å². The standard InChI is InChI=1S/C14H20ClFN2/c1-18(10-5-2-3-6-10)13(9-17)11-7-4-8-12(15)14(11)16/h4,7-8,10,13H,2-3,5-6,9,17H2,1H3. The van der Waals surface area contributed by atoms with E-state index in [1.807, 2.05) is 7.05 Å². The van der Waals surface area contributed by atoms with Crippen LogP contribution in [-0.4, -0.2) is 24.5 Å². The Morgan fingerprint density at radius 2 is 2.11 bits per heavy atom. The van der Waals surface area contributed by atoms with E-state index in [1.165, 1.54) is 25.7 Å². The molecule has 1 fully saturated rings. The third kappa shape index (κ3) is 2.68. The molecule has 0 aromatic heterocycles. The summed E-state index contributed by atoms with van der Waals surface area (Å²) < 4.78 is 14.1. The Morgan fingerprint density at radius 1 is 1.44 bits per heavy atom. The highest BCUT2D eigenvalue weighted by Gasteiger charge is 2.27. The van der Waals surface area contributed by atoms with Crippen molar-refractivity contribution in [3.63, 3.8) is 0 Å². The summed E-state index contributed by atoms with van der Waals surface area (Å²) >= 11 is 5.84. The zero-order valence-corrected chi connectivity index (χ0v) is 11.5. The van der Waals surface area contributed by atoms with Gasteiger partial charge >= 0.3 is 0 Å². The van der Waals surface area contributed by atoms with Crippen molar-refractivity contribution in [3.8, 4) is 0 Å². The largest absolute Gasteiger partial charge is 0.329 e. The number of hydrogen-bond donors (Lipinski definition) is 1. The molecule has 0 heterocycles. The molecular weight excluding hydrogens is 251 g/mol. The first kappa shape index (κ1) is 13.8. The molecule has 0 spiro atoms. The molecule has 18 heavy (non-hydrogen) atoms. The summed E-state index contributed by atoms with van der Waals surface area (Å²) in [7, 11) is 2.04. The molecule has 0 amide bonds. The van der Waals surface area contributed by atoms with Crippen LogP contribution in [0.4, 0.5) is 4.39 Å². The maximum absolute atomic E-state index is 14.1. The van der Waals surface area contributed by atoms with E-state index in [9.17, 15) is 4.39 Å². The normalized spacial score (nSPS) is 18.5. The van der Waals surface area contributed by atoms with Crippen molar-refractivity contribution in [1.29, 1.82) is 0 Å². The lowest BCUT2D eigenvalue weighted by atomic mass is 10.0. The molecule has 1 unspecified atom stereocenters. The van der Waals surface area contributed by atoms with Gasteiger partial charge in [0, 0.05) is 24.2 Å². The molecule has 0 radical (unpaired) electrons. The first-order valence-electron chi connectivity index (χ1n) is 6.51. The maximum atomic E-state index is 14.1. The molecule has 4 heteroatoms. The molecule has 1 aliphatic carbocycles. The molecular formula is C14H20ClFN2. The van der Waals surface area contributed by atoms with Crippen LogP contribution in [0.3, 0.4) is 0 Å². The van der Waals surface area contributed by atoms with E-state index in [4.69, 9.17) is 17.3 Å². The predicted molar refractivity (Wildman–Crippen MR) is 73.2 cm³/mol. The Hall–Kier alpha value is -0.640. The summed E-state index contributed by atoms with van der Waals surface area (Å²) in [4.78, 5) is 2.21. The fourth-order valence-corrected chi connectivity index (χ4v) is 3.04. The summed E-state index contributed by atoms with van der Waals surface area (Å²) in [5.41, 5.74) is 6.45. The molecule has 1 aromatic carbocycles. The minimum atomic E-state index is -0.334. The number of hydrogen-bond acceptors (Lipinski definition) is 2. The van der Waals surface area contributed by atoms with Gasteiger partial charge in [-0.1, -0.05) is 36.6 Å². The van der Waals surface area contributed by atoms with Crippen molar-refractivity contribution in [2.45, 2.75) is 37.8 Å². The molecule has 1 aromatic rings. The van der Waals surface area contributed by atoms with E-state index < -0.39 is 0 Å². The average Bonchev–Trinajstić information content (AvgIpc) is 2.89. The second kappa shape index (κ2) is 6.00. The maximum Gasteiger partial charge on any atom is 0.146 e. The van der Waals surface area contributed by atoms with Gasteiger partial charge in [0.15, 0.2) is 0 Å². The first-order valence-corrected chi connectivity index (χ1v) is 6.89. The van der Waals surface area contributed by atoms with E-state index >= 15 is 0 Å². The minimum Gasteiger partial charge on any atom is -0.329 e. The third-order valence-electron chi connectivity index (χ3n) is 3.96. The van der Waals surface area contributed by atoms with Crippen molar-refractivity contribution in [2.24, 2.45) is 5.73 Å². The van der Waals surface area contributed by atoms with Crippen LogP contribution in [0.2, 0.25) is 5.02 Å². The van der Waals surface area contributed by atoms with E-state index in [2.05, 4.69) is 4.90 Å². The highest BCUT2D eigenvalue weighted by Crippen LogP contribution is 2.31. The molecule has 2 nitrogen and oxygen atoms in total. The van der Waals surface area contributed by atoms with Gasteiger partial charge in [-0.15, -0.1) is 0 Å². The van der Waals surface area contributed by atoms with Gasteiger partial charge in [0.1, 0.15) is 5.82 Å². The smallest absolute Gasteiger partial charge is 0.146 e. The zero-order valence-electron chi connectivity index (χ0n) is 10.7. The van der Waals surface area contributed by atoms with Gasteiger partial charge < -0.3 is 5.73 Å². The second-order valence-corrected chi connectivity index (χ2v) is 5.41.